The van der Waals surface area contributed by atoms with E-state index in [0.717, 1.165) is 19.0 Å². The highest BCUT2D eigenvalue weighted by molar-refractivity contribution is 5.87. The number of amides is 1. The number of nitrogens with zero attached hydrogens (tertiary/aromatic N) is 2. The molecule has 1 amide bonds. The van der Waals surface area contributed by atoms with Crippen LogP contribution in [0.1, 0.15) is 33.6 Å². The first-order valence-electron chi connectivity index (χ1n) is 6.86. The van der Waals surface area contributed by atoms with Gasteiger partial charge in [0.25, 0.3) is 0 Å². The molecular weight excluding hydrogens is 212 g/mol. The predicted molar refractivity (Wildman–Crippen MR) is 71.9 cm³/mol. The molecule has 0 N–H and O–H groups in total. The third kappa shape index (κ3) is 3.56. The van der Waals surface area contributed by atoms with Gasteiger partial charge in [0, 0.05) is 19.1 Å². The van der Waals surface area contributed by atoms with Gasteiger partial charge in [0.1, 0.15) is 0 Å². The molecule has 0 bridgehead atoms. The van der Waals surface area contributed by atoms with Gasteiger partial charge in [0.15, 0.2) is 0 Å². The van der Waals surface area contributed by atoms with Crippen molar-refractivity contribution in [3.8, 4) is 0 Å². The van der Waals surface area contributed by atoms with E-state index in [1.54, 1.807) is 0 Å². The van der Waals surface area contributed by atoms with E-state index in [1.165, 1.54) is 32.0 Å². The average molecular weight is 238 g/mol. The fraction of sp³-hybridized carbons (Fsp3) is 0.786. The number of rotatable bonds is 2. The lowest BCUT2D eigenvalue weighted by molar-refractivity contribution is -0.133. The van der Waals surface area contributed by atoms with Gasteiger partial charge < -0.3 is 4.90 Å². The molecule has 2 aliphatic heterocycles. The zero-order valence-electron chi connectivity index (χ0n) is 11.5. The fourth-order valence-electron chi connectivity index (χ4n) is 2.39. The van der Waals surface area contributed by atoms with Gasteiger partial charge in [-0.15, -0.1) is 0 Å². The van der Waals surface area contributed by atoms with Crippen molar-refractivity contribution in [3.63, 3.8) is 0 Å². The Labute approximate surface area is 105 Å². The second-order valence-corrected chi connectivity index (χ2v) is 4.82. The van der Waals surface area contributed by atoms with Gasteiger partial charge in [0.2, 0.25) is 5.91 Å². The SMILES string of the molecule is C=CC(=O)N1CC(N2CCC(C)CC2)C1.CC. The normalized spacial score (nSPS) is 22.4. The zero-order valence-corrected chi connectivity index (χ0v) is 11.5. The monoisotopic (exact) mass is 238 g/mol. The van der Waals surface area contributed by atoms with Crippen molar-refractivity contribution in [1.29, 1.82) is 0 Å². The van der Waals surface area contributed by atoms with E-state index < -0.39 is 0 Å². The topological polar surface area (TPSA) is 23.6 Å². The number of carbonyl (C=O) groups excluding carboxylic acids is 1. The van der Waals surface area contributed by atoms with Crippen molar-refractivity contribution < 1.29 is 4.79 Å². The molecule has 0 unspecified atom stereocenters. The molecule has 0 radical (unpaired) electrons. The minimum Gasteiger partial charge on any atom is -0.336 e. The Morgan fingerprint density at radius 2 is 1.76 bits per heavy atom. The lowest BCUT2D eigenvalue weighted by Gasteiger charge is -2.47. The summed E-state index contributed by atoms with van der Waals surface area (Å²) in [5, 5.41) is 0. The molecule has 0 aromatic carbocycles. The van der Waals surface area contributed by atoms with Crippen LogP contribution in [0.4, 0.5) is 0 Å². The molecule has 2 saturated heterocycles. The van der Waals surface area contributed by atoms with E-state index in [1.807, 2.05) is 18.7 Å². The van der Waals surface area contributed by atoms with Crippen LogP contribution in [0, 0.1) is 5.92 Å². The molecule has 2 heterocycles. The quantitative estimate of drug-likeness (QED) is 0.688. The molecule has 0 aromatic heterocycles. The summed E-state index contributed by atoms with van der Waals surface area (Å²) >= 11 is 0. The summed E-state index contributed by atoms with van der Waals surface area (Å²) in [7, 11) is 0. The summed E-state index contributed by atoms with van der Waals surface area (Å²) < 4.78 is 0. The Bertz CT molecular complexity index is 251. The molecule has 3 nitrogen and oxygen atoms in total. The molecule has 2 fully saturated rings. The van der Waals surface area contributed by atoms with Crippen molar-refractivity contribution in [2.24, 2.45) is 5.92 Å². The van der Waals surface area contributed by atoms with E-state index in [-0.39, 0.29) is 5.91 Å². The second-order valence-electron chi connectivity index (χ2n) is 4.82. The minimum absolute atomic E-state index is 0.0802. The summed E-state index contributed by atoms with van der Waals surface area (Å²) in [6.45, 7) is 14.1. The highest BCUT2D eigenvalue weighted by Crippen LogP contribution is 2.22. The standard InChI is InChI=1S/C12H20N2O.C2H6/c1-3-12(15)14-8-11(9-14)13-6-4-10(2)5-7-13;1-2/h3,10-11H,1,4-9H2,2H3;1-2H3. The number of piperidine rings is 1. The Morgan fingerprint density at radius 1 is 1.24 bits per heavy atom. The van der Waals surface area contributed by atoms with Crippen molar-refractivity contribution in [3.05, 3.63) is 12.7 Å². The van der Waals surface area contributed by atoms with Gasteiger partial charge in [-0.2, -0.15) is 0 Å². The summed E-state index contributed by atoms with van der Waals surface area (Å²) in [6, 6.07) is 0.612. The maximum Gasteiger partial charge on any atom is 0.246 e. The second kappa shape index (κ2) is 6.80. The predicted octanol–water partition coefficient (Wildman–Crippen LogP) is 2.14. The molecule has 0 atom stereocenters. The maximum absolute atomic E-state index is 11.3. The highest BCUT2D eigenvalue weighted by atomic mass is 16.2. The molecule has 0 spiro atoms. The Morgan fingerprint density at radius 3 is 2.24 bits per heavy atom. The average Bonchev–Trinajstić information content (AvgIpc) is 2.32. The third-order valence-electron chi connectivity index (χ3n) is 3.68. The largest absolute Gasteiger partial charge is 0.336 e. The zero-order chi connectivity index (χ0) is 12.8. The Kier molecular flexibility index (Phi) is 5.69. The van der Waals surface area contributed by atoms with Crippen LogP contribution >= 0.6 is 0 Å². The third-order valence-corrected chi connectivity index (χ3v) is 3.68. The van der Waals surface area contributed by atoms with Gasteiger partial charge in [-0.05, 0) is 37.9 Å². The minimum atomic E-state index is 0.0802. The molecule has 0 aliphatic carbocycles. The van der Waals surface area contributed by atoms with Crippen molar-refractivity contribution in [2.75, 3.05) is 26.2 Å². The van der Waals surface area contributed by atoms with E-state index in [0.29, 0.717) is 6.04 Å². The number of hydrogen-bond acceptors (Lipinski definition) is 2. The first kappa shape index (κ1) is 14.2. The van der Waals surface area contributed by atoms with Crippen LogP contribution in [0.25, 0.3) is 0 Å². The molecule has 3 heteroatoms. The lowest BCUT2D eigenvalue weighted by atomic mass is 9.96. The maximum atomic E-state index is 11.3. The van der Waals surface area contributed by atoms with E-state index in [4.69, 9.17) is 0 Å². The highest BCUT2D eigenvalue weighted by Gasteiger charge is 2.34. The van der Waals surface area contributed by atoms with Gasteiger partial charge >= 0.3 is 0 Å². The van der Waals surface area contributed by atoms with Crippen LogP contribution < -0.4 is 0 Å². The molecule has 2 aliphatic rings. The smallest absolute Gasteiger partial charge is 0.246 e. The van der Waals surface area contributed by atoms with Crippen LogP contribution in [0.5, 0.6) is 0 Å². The number of carbonyl (C=O) groups is 1. The van der Waals surface area contributed by atoms with E-state index >= 15 is 0 Å². The van der Waals surface area contributed by atoms with Crippen LogP contribution in [0.3, 0.4) is 0 Å². The fourth-order valence-corrected chi connectivity index (χ4v) is 2.39. The van der Waals surface area contributed by atoms with Crippen molar-refractivity contribution in [2.45, 2.75) is 39.7 Å². The van der Waals surface area contributed by atoms with Crippen molar-refractivity contribution in [1.82, 2.24) is 9.80 Å². The van der Waals surface area contributed by atoms with Crippen LogP contribution in [-0.2, 0) is 4.79 Å². The lowest BCUT2D eigenvalue weighted by Crippen LogP contribution is -2.61. The molecular formula is C14H26N2O. The van der Waals surface area contributed by atoms with Gasteiger partial charge in [-0.25, -0.2) is 0 Å². The van der Waals surface area contributed by atoms with E-state index in [9.17, 15) is 4.79 Å². The van der Waals surface area contributed by atoms with Crippen LogP contribution in [0.2, 0.25) is 0 Å². The molecule has 17 heavy (non-hydrogen) atoms. The summed E-state index contributed by atoms with van der Waals surface area (Å²) in [5.74, 6) is 0.962. The summed E-state index contributed by atoms with van der Waals surface area (Å²) in [5.41, 5.74) is 0. The van der Waals surface area contributed by atoms with Gasteiger partial charge in [0.05, 0.1) is 0 Å². The van der Waals surface area contributed by atoms with Crippen molar-refractivity contribution >= 4 is 5.91 Å². The molecule has 98 valence electrons. The number of hydrogen-bond donors (Lipinski definition) is 0. The Balaban J connectivity index is 0.000000686. The summed E-state index contributed by atoms with van der Waals surface area (Å²) in [4.78, 5) is 15.7. The Hall–Kier alpha value is -0.830. The first-order chi connectivity index (χ1) is 8.20. The van der Waals surface area contributed by atoms with Gasteiger partial charge in [-0.1, -0.05) is 27.4 Å². The number of likely N-dealkylation sites (tertiary alicyclic amines) is 2. The first-order valence-corrected chi connectivity index (χ1v) is 6.86. The summed E-state index contributed by atoms with van der Waals surface area (Å²) in [6.07, 6.45) is 4.03. The molecule has 0 aromatic rings. The van der Waals surface area contributed by atoms with Crippen LogP contribution in [-0.4, -0.2) is 47.9 Å². The molecule has 2 rings (SSSR count). The van der Waals surface area contributed by atoms with E-state index in [2.05, 4.69) is 18.4 Å². The van der Waals surface area contributed by atoms with Crippen LogP contribution in [0.15, 0.2) is 12.7 Å². The van der Waals surface area contributed by atoms with Gasteiger partial charge in [-0.3, -0.25) is 9.69 Å². The molecule has 0 saturated carbocycles.